The zero-order valence-corrected chi connectivity index (χ0v) is 17.3. The molecule has 0 aliphatic carbocycles. The standard InChI is InChI=1S/C23H19ClN2O2S/c1-2-29(27,28)26-19-13-9-17(10-14-19)23-15-21(16-7-11-18(24)12-8-16)20-5-3-4-6-22(20)25-23/h3-15,26H,2H2,1H3. The zero-order valence-electron chi connectivity index (χ0n) is 15.8. The molecule has 0 radical (unpaired) electrons. The first-order chi connectivity index (χ1) is 13.9. The monoisotopic (exact) mass is 422 g/mol. The summed E-state index contributed by atoms with van der Waals surface area (Å²) >= 11 is 6.05. The molecule has 146 valence electrons. The maximum atomic E-state index is 11.8. The lowest BCUT2D eigenvalue weighted by molar-refractivity contribution is 0.602. The van der Waals surface area contributed by atoms with Crippen LogP contribution in [-0.2, 0) is 10.0 Å². The number of benzene rings is 3. The SMILES string of the molecule is CCS(=O)(=O)Nc1ccc(-c2cc(-c3ccc(Cl)cc3)c3ccccc3n2)cc1. The fourth-order valence-electron chi connectivity index (χ4n) is 3.15. The van der Waals surface area contributed by atoms with Crippen molar-refractivity contribution in [1.82, 2.24) is 4.98 Å². The lowest BCUT2D eigenvalue weighted by Gasteiger charge is -2.11. The number of aromatic nitrogens is 1. The van der Waals surface area contributed by atoms with E-state index >= 15 is 0 Å². The highest BCUT2D eigenvalue weighted by Gasteiger charge is 2.11. The van der Waals surface area contributed by atoms with Gasteiger partial charge in [0.2, 0.25) is 10.0 Å². The largest absolute Gasteiger partial charge is 0.284 e. The van der Waals surface area contributed by atoms with Gasteiger partial charge < -0.3 is 0 Å². The summed E-state index contributed by atoms with van der Waals surface area (Å²) < 4.78 is 26.1. The van der Waals surface area contributed by atoms with Crippen molar-refractivity contribution < 1.29 is 8.42 Å². The maximum Gasteiger partial charge on any atom is 0.232 e. The minimum atomic E-state index is -3.30. The van der Waals surface area contributed by atoms with E-state index < -0.39 is 10.0 Å². The van der Waals surface area contributed by atoms with Crippen LogP contribution in [0.25, 0.3) is 33.3 Å². The molecule has 1 heterocycles. The molecule has 0 fully saturated rings. The molecule has 0 bridgehead atoms. The molecule has 4 rings (SSSR count). The number of nitrogens with one attached hydrogen (secondary N) is 1. The van der Waals surface area contributed by atoms with Gasteiger partial charge in [-0.15, -0.1) is 0 Å². The molecule has 0 unspecified atom stereocenters. The van der Waals surface area contributed by atoms with Gasteiger partial charge in [-0.05, 0) is 54.4 Å². The molecular formula is C23H19ClN2O2S. The van der Waals surface area contributed by atoms with Crippen LogP contribution in [0, 0.1) is 0 Å². The number of pyridine rings is 1. The van der Waals surface area contributed by atoms with Crippen molar-refractivity contribution in [3.8, 4) is 22.4 Å². The number of halogens is 1. The summed E-state index contributed by atoms with van der Waals surface area (Å²) in [5.74, 6) is 0.0332. The van der Waals surface area contributed by atoms with Crippen LogP contribution in [0.5, 0.6) is 0 Å². The third-order valence-corrected chi connectivity index (χ3v) is 6.26. The number of hydrogen-bond acceptors (Lipinski definition) is 3. The minimum absolute atomic E-state index is 0.0332. The Morgan fingerprint density at radius 3 is 2.24 bits per heavy atom. The molecule has 3 aromatic carbocycles. The summed E-state index contributed by atoms with van der Waals surface area (Å²) in [6, 6.07) is 25.0. The van der Waals surface area contributed by atoms with Gasteiger partial charge in [0.15, 0.2) is 0 Å². The number of anilines is 1. The second-order valence-corrected chi connectivity index (χ2v) is 9.11. The number of fused-ring (bicyclic) bond motifs is 1. The number of sulfonamides is 1. The Kier molecular flexibility index (Phi) is 5.26. The fourth-order valence-corrected chi connectivity index (χ4v) is 3.92. The third-order valence-electron chi connectivity index (χ3n) is 4.71. The Balaban J connectivity index is 1.79. The smallest absolute Gasteiger partial charge is 0.232 e. The van der Waals surface area contributed by atoms with E-state index in [1.165, 1.54) is 0 Å². The lowest BCUT2D eigenvalue weighted by atomic mass is 9.98. The minimum Gasteiger partial charge on any atom is -0.284 e. The lowest BCUT2D eigenvalue weighted by Crippen LogP contribution is -2.14. The second-order valence-electron chi connectivity index (χ2n) is 6.66. The van der Waals surface area contributed by atoms with Gasteiger partial charge in [-0.2, -0.15) is 0 Å². The predicted molar refractivity (Wildman–Crippen MR) is 121 cm³/mol. The molecule has 0 amide bonds. The predicted octanol–water partition coefficient (Wildman–Crippen LogP) is 5.98. The zero-order chi connectivity index (χ0) is 20.4. The molecule has 0 aliphatic rings. The molecule has 0 saturated heterocycles. The van der Waals surface area contributed by atoms with Crippen LogP contribution in [0.3, 0.4) is 0 Å². The summed E-state index contributed by atoms with van der Waals surface area (Å²) in [4.78, 5) is 4.80. The highest BCUT2D eigenvalue weighted by atomic mass is 35.5. The van der Waals surface area contributed by atoms with Crippen molar-refractivity contribution >= 4 is 38.2 Å². The van der Waals surface area contributed by atoms with Gasteiger partial charge in [-0.3, -0.25) is 4.72 Å². The van der Waals surface area contributed by atoms with Crippen molar-refractivity contribution in [3.63, 3.8) is 0 Å². The third kappa shape index (κ3) is 4.26. The van der Waals surface area contributed by atoms with Crippen molar-refractivity contribution in [2.24, 2.45) is 0 Å². The summed E-state index contributed by atoms with van der Waals surface area (Å²) in [5, 5.41) is 1.75. The molecular weight excluding hydrogens is 404 g/mol. The topological polar surface area (TPSA) is 59.1 Å². The first-order valence-corrected chi connectivity index (χ1v) is 11.2. The molecule has 0 spiro atoms. The Morgan fingerprint density at radius 2 is 1.55 bits per heavy atom. The van der Waals surface area contributed by atoms with E-state index in [0.717, 1.165) is 33.3 Å². The van der Waals surface area contributed by atoms with Crippen molar-refractivity contribution in [1.29, 1.82) is 0 Å². The first kappa shape index (κ1) is 19.4. The van der Waals surface area contributed by atoms with E-state index in [9.17, 15) is 8.42 Å². The van der Waals surface area contributed by atoms with Gasteiger partial charge in [0.25, 0.3) is 0 Å². The highest BCUT2D eigenvalue weighted by Crippen LogP contribution is 2.33. The van der Waals surface area contributed by atoms with Gasteiger partial charge in [0.05, 0.1) is 17.0 Å². The van der Waals surface area contributed by atoms with Crippen LogP contribution in [0.15, 0.2) is 78.9 Å². The van der Waals surface area contributed by atoms with E-state index in [1.807, 2.05) is 54.6 Å². The molecule has 1 aromatic heterocycles. The van der Waals surface area contributed by atoms with Crippen LogP contribution in [0.2, 0.25) is 5.02 Å². The Bertz CT molecular complexity index is 1270. The van der Waals surface area contributed by atoms with E-state index in [0.29, 0.717) is 10.7 Å². The Labute approximate surface area is 175 Å². The quantitative estimate of drug-likeness (QED) is 0.430. The molecule has 0 aliphatic heterocycles. The Morgan fingerprint density at radius 1 is 0.897 bits per heavy atom. The summed E-state index contributed by atoms with van der Waals surface area (Å²) in [5.41, 5.74) is 5.28. The van der Waals surface area contributed by atoms with Crippen LogP contribution in [0.1, 0.15) is 6.92 Å². The van der Waals surface area contributed by atoms with Gasteiger partial charge in [-0.25, -0.2) is 13.4 Å². The molecule has 1 N–H and O–H groups in total. The van der Waals surface area contributed by atoms with E-state index in [4.69, 9.17) is 16.6 Å². The van der Waals surface area contributed by atoms with Gasteiger partial charge in [-0.1, -0.05) is 54.1 Å². The number of hydrogen-bond donors (Lipinski definition) is 1. The average molecular weight is 423 g/mol. The molecule has 4 aromatic rings. The molecule has 6 heteroatoms. The molecule has 29 heavy (non-hydrogen) atoms. The fraction of sp³-hybridized carbons (Fsp3) is 0.0870. The summed E-state index contributed by atoms with van der Waals surface area (Å²) in [6.45, 7) is 1.61. The van der Waals surface area contributed by atoms with Gasteiger partial charge in [0, 0.05) is 21.7 Å². The number of rotatable bonds is 5. The van der Waals surface area contributed by atoms with Crippen LogP contribution in [-0.4, -0.2) is 19.2 Å². The molecule has 0 saturated carbocycles. The van der Waals surface area contributed by atoms with Gasteiger partial charge in [0.1, 0.15) is 0 Å². The maximum absolute atomic E-state index is 11.8. The van der Waals surface area contributed by atoms with Crippen LogP contribution in [0.4, 0.5) is 5.69 Å². The molecule has 4 nitrogen and oxygen atoms in total. The highest BCUT2D eigenvalue weighted by molar-refractivity contribution is 7.92. The second kappa shape index (κ2) is 7.85. The van der Waals surface area contributed by atoms with Crippen LogP contribution >= 0.6 is 11.6 Å². The summed E-state index contributed by atoms with van der Waals surface area (Å²) in [7, 11) is -3.30. The van der Waals surface area contributed by atoms with E-state index in [2.05, 4.69) is 16.9 Å². The van der Waals surface area contributed by atoms with Gasteiger partial charge >= 0.3 is 0 Å². The Hall–Kier alpha value is -2.89. The van der Waals surface area contributed by atoms with E-state index in [-0.39, 0.29) is 5.75 Å². The number of nitrogens with zero attached hydrogens (tertiary/aromatic N) is 1. The summed E-state index contributed by atoms with van der Waals surface area (Å²) in [6.07, 6.45) is 0. The van der Waals surface area contributed by atoms with Crippen molar-refractivity contribution in [3.05, 3.63) is 83.9 Å². The average Bonchev–Trinajstić information content (AvgIpc) is 2.74. The van der Waals surface area contributed by atoms with E-state index in [1.54, 1.807) is 19.1 Å². The van der Waals surface area contributed by atoms with Crippen molar-refractivity contribution in [2.45, 2.75) is 6.92 Å². The molecule has 0 atom stereocenters. The van der Waals surface area contributed by atoms with Crippen LogP contribution < -0.4 is 4.72 Å². The normalized spacial score (nSPS) is 11.5. The first-order valence-electron chi connectivity index (χ1n) is 9.22. The van der Waals surface area contributed by atoms with Crippen molar-refractivity contribution in [2.75, 3.05) is 10.5 Å². The number of para-hydroxylation sites is 1.